The number of ether oxygens (including phenoxy) is 1. The molecule has 2 N–H and O–H groups in total. The van der Waals surface area contributed by atoms with Crippen LogP contribution in [0.5, 0.6) is 0 Å². The van der Waals surface area contributed by atoms with Crippen LogP contribution in [0.15, 0.2) is 18.2 Å². The number of nitrogens with one attached hydrogen (secondary N) is 2. The third-order valence-electron chi connectivity index (χ3n) is 3.31. The predicted octanol–water partition coefficient (Wildman–Crippen LogP) is 3.14. The van der Waals surface area contributed by atoms with Crippen LogP contribution >= 0.6 is 12.4 Å². The number of anilines is 2. The van der Waals surface area contributed by atoms with Crippen LogP contribution in [0, 0.1) is 0 Å². The van der Waals surface area contributed by atoms with Crippen molar-refractivity contribution in [3.8, 4) is 0 Å². The molecule has 2 rings (SSSR count). The van der Waals surface area contributed by atoms with Gasteiger partial charge in [0.2, 0.25) is 0 Å². The fraction of sp³-hybridized carbons (Fsp3) is 0.533. The van der Waals surface area contributed by atoms with E-state index < -0.39 is 0 Å². The summed E-state index contributed by atoms with van der Waals surface area (Å²) in [5.41, 5.74) is 3.13. The highest BCUT2D eigenvalue weighted by Gasteiger charge is 2.26. The molecule has 1 aromatic carbocycles. The molecule has 0 aliphatic carbocycles. The molecule has 1 aliphatic heterocycles. The highest BCUT2D eigenvalue weighted by Crippen LogP contribution is 2.37. The number of carbonyl (C=O) groups is 1. The number of amides is 1. The van der Waals surface area contributed by atoms with Crippen molar-refractivity contribution in [1.82, 2.24) is 4.90 Å². The molecule has 5 nitrogen and oxygen atoms in total. The second-order valence-electron chi connectivity index (χ2n) is 5.37. The van der Waals surface area contributed by atoms with E-state index in [1.54, 1.807) is 0 Å². The van der Waals surface area contributed by atoms with E-state index in [0.717, 1.165) is 30.9 Å². The van der Waals surface area contributed by atoms with Crippen molar-refractivity contribution in [2.24, 2.45) is 0 Å². The molecule has 1 heterocycles. The first-order valence-electron chi connectivity index (χ1n) is 7.07. The van der Waals surface area contributed by atoms with Crippen molar-refractivity contribution in [2.75, 3.05) is 44.4 Å². The maximum atomic E-state index is 11.7. The van der Waals surface area contributed by atoms with E-state index in [1.165, 1.54) is 5.56 Å². The zero-order valence-electron chi connectivity index (χ0n) is 12.8. The number of benzene rings is 1. The zero-order valence-corrected chi connectivity index (χ0v) is 13.6. The molecular weight excluding hydrogens is 290 g/mol. The average Bonchev–Trinajstić information content (AvgIpc) is 2.80. The van der Waals surface area contributed by atoms with Gasteiger partial charge in [-0.05, 0) is 32.6 Å². The van der Waals surface area contributed by atoms with E-state index in [-0.39, 0.29) is 18.5 Å². The van der Waals surface area contributed by atoms with Gasteiger partial charge >= 0.3 is 6.09 Å². The van der Waals surface area contributed by atoms with Gasteiger partial charge in [-0.1, -0.05) is 13.0 Å². The van der Waals surface area contributed by atoms with E-state index in [9.17, 15) is 4.79 Å². The minimum absolute atomic E-state index is 0. The fourth-order valence-electron chi connectivity index (χ4n) is 2.54. The lowest BCUT2D eigenvalue weighted by molar-refractivity contribution is 0.161. The van der Waals surface area contributed by atoms with Gasteiger partial charge in [0.1, 0.15) is 0 Å². The molecule has 0 bridgehead atoms. The van der Waals surface area contributed by atoms with Gasteiger partial charge in [-0.2, -0.15) is 0 Å². The number of nitrogens with zero attached hydrogens (tertiary/aromatic N) is 1. The zero-order chi connectivity index (χ0) is 14.5. The van der Waals surface area contributed by atoms with Crippen LogP contribution in [0.3, 0.4) is 0 Å². The summed E-state index contributed by atoms with van der Waals surface area (Å²) in [6.45, 7) is 4.27. The summed E-state index contributed by atoms with van der Waals surface area (Å²) >= 11 is 0. The highest BCUT2D eigenvalue weighted by atomic mass is 35.5. The van der Waals surface area contributed by atoms with Gasteiger partial charge < -0.3 is 15.0 Å². The van der Waals surface area contributed by atoms with Gasteiger partial charge in [0.15, 0.2) is 0 Å². The van der Waals surface area contributed by atoms with Gasteiger partial charge in [0, 0.05) is 35.9 Å². The standard InChI is InChI=1S/C15H23N3O2.ClH/c1-4-8-20-15(19)17-13-7-5-6-12-14(13)11(9-16-12)10-18(2)3;/h5-7,11,16H,4,8-10H2,1-3H3,(H,17,19);1H. The second-order valence-corrected chi connectivity index (χ2v) is 5.37. The number of hydrogen-bond acceptors (Lipinski definition) is 4. The van der Waals surface area contributed by atoms with Gasteiger partial charge in [-0.15, -0.1) is 12.4 Å². The molecular formula is C15H24ClN3O2. The van der Waals surface area contributed by atoms with Crippen LogP contribution in [-0.2, 0) is 4.74 Å². The molecule has 0 saturated carbocycles. The van der Waals surface area contributed by atoms with E-state index in [0.29, 0.717) is 12.5 Å². The Morgan fingerprint density at radius 1 is 1.48 bits per heavy atom. The molecule has 1 aromatic rings. The Balaban J connectivity index is 0.00000220. The summed E-state index contributed by atoms with van der Waals surface area (Å²) in [7, 11) is 4.12. The normalized spacial score (nSPS) is 15.9. The molecule has 0 radical (unpaired) electrons. The molecule has 118 valence electrons. The highest BCUT2D eigenvalue weighted by molar-refractivity contribution is 5.88. The van der Waals surface area contributed by atoms with Crippen LogP contribution in [0.4, 0.5) is 16.2 Å². The third kappa shape index (κ3) is 4.51. The fourth-order valence-corrected chi connectivity index (χ4v) is 2.54. The van der Waals surface area contributed by atoms with Crippen molar-refractivity contribution in [3.63, 3.8) is 0 Å². The average molecular weight is 314 g/mol. The first-order chi connectivity index (χ1) is 9.61. The first kappa shape index (κ1) is 17.6. The molecule has 0 fully saturated rings. The van der Waals surface area contributed by atoms with Crippen molar-refractivity contribution in [2.45, 2.75) is 19.3 Å². The predicted molar refractivity (Wildman–Crippen MR) is 88.7 cm³/mol. The lowest BCUT2D eigenvalue weighted by Gasteiger charge is -2.18. The van der Waals surface area contributed by atoms with Crippen molar-refractivity contribution < 1.29 is 9.53 Å². The van der Waals surface area contributed by atoms with Crippen LogP contribution in [0.25, 0.3) is 0 Å². The van der Waals surface area contributed by atoms with Crippen LogP contribution in [-0.4, -0.2) is 44.8 Å². The second kappa shape index (κ2) is 8.10. The molecule has 6 heteroatoms. The van der Waals surface area contributed by atoms with Crippen LogP contribution in [0.2, 0.25) is 0 Å². The Bertz CT molecular complexity index is 480. The largest absolute Gasteiger partial charge is 0.449 e. The summed E-state index contributed by atoms with van der Waals surface area (Å²) in [6, 6.07) is 5.93. The first-order valence-corrected chi connectivity index (χ1v) is 7.07. The Morgan fingerprint density at radius 3 is 2.90 bits per heavy atom. The van der Waals surface area contributed by atoms with Crippen molar-refractivity contribution in [1.29, 1.82) is 0 Å². The smallest absolute Gasteiger partial charge is 0.411 e. The number of likely N-dealkylation sites (N-methyl/N-ethyl adjacent to an activating group) is 1. The van der Waals surface area contributed by atoms with Gasteiger partial charge in [0.05, 0.1) is 6.61 Å². The lowest BCUT2D eigenvalue weighted by Crippen LogP contribution is -2.22. The van der Waals surface area contributed by atoms with Crippen LogP contribution in [0.1, 0.15) is 24.8 Å². The summed E-state index contributed by atoms with van der Waals surface area (Å²) in [4.78, 5) is 13.9. The Hall–Kier alpha value is -1.46. The molecule has 1 aliphatic rings. The quantitative estimate of drug-likeness (QED) is 0.877. The number of halogens is 1. The van der Waals surface area contributed by atoms with Crippen molar-refractivity contribution in [3.05, 3.63) is 23.8 Å². The molecule has 1 unspecified atom stereocenters. The monoisotopic (exact) mass is 313 g/mol. The lowest BCUT2D eigenvalue weighted by atomic mass is 9.99. The van der Waals surface area contributed by atoms with Gasteiger partial charge in [-0.3, -0.25) is 5.32 Å². The van der Waals surface area contributed by atoms with E-state index >= 15 is 0 Å². The number of fused-ring (bicyclic) bond motifs is 1. The third-order valence-corrected chi connectivity index (χ3v) is 3.31. The van der Waals surface area contributed by atoms with E-state index in [4.69, 9.17) is 4.74 Å². The molecule has 1 amide bonds. The summed E-state index contributed by atoms with van der Waals surface area (Å²) in [5, 5.41) is 6.25. The Morgan fingerprint density at radius 2 is 2.24 bits per heavy atom. The summed E-state index contributed by atoms with van der Waals surface area (Å²) in [5.74, 6) is 0.377. The number of hydrogen-bond donors (Lipinski definition) is 2. The maximum Gasteiger partial charge on any atom is 0.411 e. The van der Waals surface area contributed by atoms with E-state index in [2.05, 4.69) is 29.6 Å². The van der Waals surface area contributed by atoms with Gasteiger partial charge in [-0.25, -0.2) is 4.79 Å². The Kier molecular flexibility index (Phi) is 6.78. The van der Waals surface area contributed by atoms with Crippen LogP contribution < -0.4 is 10.6 Å². The Labute approximate surface area is 132 Å². The maximum absolute atomic E-state index is 11.7. The van der Waals surface area contributed by atoms with Gasteiger partial charge in [0.25, 0.3) is 0 Å². The molecule has 0 spiro atoms. The molecule has 21 heavy (non-hydrogen) atoms. The topological polar surface area (TPSA) is 53.6 Å². The minimum Gasteiger partial charge on any atom is -0.449 e. The molecule has 1 atom stereocenters. The number of carbonyl (C=O) groups excluding carboxylic acids is 1. The summed E-state index contributed by atoms with van der Waals surface area (Å²) < 4.78 is 5.09. The molecule has 0 aromatic heterocycles. The summed E-state index contributed by atoms with van der Waals surface area (Å²) in [6.07, 6.45) is 0.446. The van der Waals surface area contributed by atoms with E-state index in [1.807, 2.05) is 25.1 Å². The molecule has 0 saturated heterocycles. The number of rotatable bonds is 5. The van der Waals surface area contributed by atoms with Crippen molar-refractivity contribution >= 4 is 29.9 Å². The SMILES string of the molecule is CCCOC(=O)Nc1cccc2c1C(CN(C)C)CN2.Cl. The minimum atomic E-state index is -0.379.